The molecule has 0 saturated carbocycles. The molecule has 0 saturated heterocycles. The van der Waals surface area contributed by atoms with Crippen LogP contribution in [-0.4, -0.2) is 11.2 Å². The zero-order valence-electron chi connectivity index (χ0n) is 14.5. The molecule has 0 aromatic carbocycles. The number of rotatable bonds is 13. The van der Waals surface area contributed by atoms with Gasteiger partial charge in [0.1, 0.15) is 0 Å². The van der Waals surface area contributed by atoms with Crippen molar-refractivity contribution < 1.29 is 5.11 Å². The van der Waals surface area contributed by atoms with Crippen LogP contribution in [0.1, 0.15) is 91.4 Å². The molecule has 2 heteroatoms. The van der Waals surface area contributed by atoms with Crippen molar-refractivity contribution in [3.63, 3.8) is 0 Å². The summed E-state index contributed by atoms with van der Waals surface area (Å²) in [7, 11) is 0. The number of aliphatic hydroxyl groups excluding tert-OH is 1. The van der Waals surface area contributed by atoms with Crippen molar-refractivity contribution in [2.45, 2.75) is 97.5 Å². The first-order valence-corrected chi connectivity index (χ1v) is 8.76. The van der Waals surface area contributed by atoms with Gasteiger partial charge in [0.25, 0.3) is 0 Å². The van der Waals surface area contributed by atoms with Gasteiger partial charge in [0, 0.05) is 0 Å². The van der Waals surface area contributed by atoms with Gasteiger partial charge in [-0.3, -0.25) is 0 Å². The summed E-state index contributed by atoms with van der Waals surface area (Å²) in [5, 5.41) is 19.0. The molecule has 0 aliphatic carbocycles. The molecular formula is C19H35NO. The van der Waals surface area contributed by atoms with Gasteiger partial charge in [-0.15, -0.1) is 0 Å². The fourth-order valence-electron chi connectivity index (χ4n) is 2.95. The first kappa shape index (κ1) is 20.2. The number of hydrogen-bond donors (Lipinski definition) is 1. The van der Waals surface area contributed by atoms with Crippen LogP contribution in [0.3, 0.4) is 0 Å². The molecule has 0 aromatic heterocycles. The van der Waals surface area contributed by atoms with E-state index in [-0.39, 0.29) is 5.41 Å². The lowest BCUT2D eigenvalue weighted by atomic mass is 9.75. The molecule has 2 atom stereocenters. The Morgan fingerprint density at radius 3 is 2.05 bits per heavy atom. The largest absolute Gasteiger partial charge is 0.388 e. The van der Waals surface area contributed by atoms with Gasteiger partial charge < -0.3 is 5.11 Å². The molecule has 0 aromatic rings. The first-order valence-electron chi connectivity index (χ1n) is 8.76. The van der Waals surface area contributed by atoms with E-state index in [4.69, 9.17) is 5.26 Å². The lowest BCUT2D eigenvalue weighted by molar-refractivity contribution is 0.118. The van der Waals surface area contributed by atoms with Gasteiger partial charge >= 0.3 is 0 Å². The molecule has 21 heavy (non-hydrogen) atoms. The van der Waals surface area contributed by atoms with Crippen molar-refractivity contribution in [2.75, 3.05) is 0 Å². The van der Waals surface area contributed by atoms with Gasteiger partial charge in [0.2, 0.25) is 0 Å². The van der Waals surface area contributed by atoms with Gasteiger partial charge in [-0.1, -0.05) is 78.7 Å². The van der Waals surface area contributed by atoms with Crippen LogP contribution in [0, 0.1) is 16.7 Å². The van der Waals surface area contributed by atoms with Crippen molar-refractivity contribution in [1.29, 1.82) is 5.26 Å². The van der Waals surface area contributed by atoms with Gasteiger partial charge in [0.05, 0.1) is 17.7 Å². The standard InChI is InChI=1S/C19H35NO/c1-5-7-9-10-12-14-19(4,13-11-8-6-2)15-18(21)17(3)16-20/h18,21H,3,5-15H2,1-2,4H3. The zero-order chi connectivity index (χ0) is 16.1. The second kappa shape index (κ2) is 11.8. The third-order valence-corrected chi connectivity index (χ3v) is 4.50. The van der Waals surface area contributed by atoms with Crippen molar-refractivity contribution in [3.8, 4) is 6.07 Å². The Morgan fingerprint density at radius 1 is 1.05 bits per heavy atom. The summed E-state index contributed by atoms with van der Waals surface area (Å²) in [6.45, 7) is 10.4. The van der Waals surface area contributed by atoms with Crippen LogP contribution in [0.2, 0.25) is 0 Å². The fourth-order valence-corrected chi connectivity index (χ4v) is 2.95. The summed E-state index contributed by atoms with van der Waals surface area (Å²) in [4.78, 5) is 0. The second-order valence-corrected chi connectivity index (χ2v) is 6.79. The maximum absolute atomic E-state index is 10.1. The molecule has 0 fully saturated rings. The smallest absolute Gasteiger partial charge is 0.0968 e. The number of hydrogen-bond acceptors (Lipinski definition) is 2. The maximum atomic E-state index is 10.1. The molecule has 0 aliphatic heterocycles. The summed E-state index contributed by atoms with van der Waals surface area (Å²) in [5.41, 5.74) is 0.448. The highest BCUT2D eigenvalue weighted by molar-refractivity contribution is 5.21. The highest BCUT2D eigenvalue weighted by Crippen LogP contribution is 2.37. The van der Waals surface area contributed by atoms with Crippen molar-refractivity contribution >= 4 is 0 Å². The molecule has 122 valence electrons. The summed E-state index contributed by atoms with van der Waals surface area (Å²) < 4.78 is 0. The topological polar surface area (TPSA) is 44.0 Å². The van der Waals surface area contributed by atoms with E-state index in [1.807, 2.05) is 6.07 Å². The Kier molecular flexibility index (Phi) is 11.4. The summed E-state index contributed by atoms with van der Waals surface area (Å²) in [6.07, 6.45) is 12.4. The van der Waals surface area contributed by atoms with Gasteiger partial charge in [0.15, 0.2) is 0 Å². The van der Waals surface area contributed by atoms with Crippen LogP contribution in [0.5, 0.6) is 0 Å². The van der Waals surface area contributed by atoms with E-state index >= 15 is 0 Å². The number of nitriles is 1. The summed E-state index contributed by atoms with van der Waals surface area (Å²) in [6, 6.07) is 1.99. The van der Waals surface area contributed by atoms with Crippen LogP contribution in [-0.2, 0) is 0 Å². The normalized spacial score (nSPS) is 15.2. The van der Waals surface area contributed by atoms with Crippen LogP contribution < -0.4 is 0 Å². The second-order valence-electron chi connectivity index (χ2n) is 6.79. The van der Waals surface area contributed by atoms with E-state index in [9.17, 15) is 5.11 Å². The molecule has 0 radical (unpaired) electrons. The SMILES string of the molecule is C=C(C#N)C(O)CC(C)(CCCCC)CCCCCCC. The number of nitrogens with zero attached hydrogens (tertiary/aromatic N) is 1. The Balaban J connectivity index is 4.39. The molecule has 2 nitrogen and oxygen atoms in total. The molecular weight excluding hydrogens is 258 g/mol. The Bertz CT molecular complexity index is 318. The Labute approximate surface area is 132 Å². The molecule has 1 N–H and O–H groups in total. The van der Waals surface area contributed by atoms with Crippen LogP contribution in [0.15, 0.2) is 12.2 Å². The van der Waals surface area contributed by atoms with Crippen molar-refractivity contribution in [3.05, 3.63) is 12.2 Å². The van der Waals surface area contributed by atoms with Crippen LogP contribution in [0.25, 0.3) is 0 Å². The maximum Gasteiger partial charge on any atom is 0.0968 e. The summed E-state index contributed by atoms with van der Waals surface area (Å²) >= 11 is 0. The zero-order valence-corrected chi connectivity index (χ0v) is 14.5. The van der Waals surface area contributed by atoms with E-state index in [0.29, 0.717) is 12.0 Å². The highest BCUT2D eigenvalue weighted by atomic mass is 16.3. The summed E-state index contributed by atoms with van der Waals surface area (Å²) in [5.74, 6) is 0. The molecule has 0 spiro atoms. The fraction of sp³-hybridized carbons (Fsp3) is 0.842. The van der Waals surface area contributed by atoms with Crippen molar-refractivity contribution in [1.82, 2.24) is 0 Å². The molecule has 0 bridgehead atoms. The molecule has 0 aliphatic rings. The van der Waals surface area contributed by atoms with E-state index in [1.54, 1.807) is 0 Å². The molecule has 0 amide bonds. The third-order valence-electron chi connectivity index (χ3n) is 4.50. The first-order chi connectivity index (χ1) is 9.99. The predicted molar refractivity (Wildman–Crippen MR) is 91.0 cm³/mol. The lowest BCUT2D eigenvalue weighted by Gasteiger charge is -2.32. The average molecular weight is 293 g/mol. The minimum atomic E-state index is -0.669. The van der Waals surface area contributed by atoms with Crippen LogP contribution >= 0.6 is 0 Å². The minimum Gasteiger partial charge on any atom is -0.388 e. The monoisotopic (exact) mass is 293 g/mol. The quantitative estimate of drug-likeness (QED) is 0.346. The molecule has 0 heterocycles. The average Bonchev–Trinajstić information content (AvgIpc) is 2.46. The van der Waals surface area contributed by atoms with Gasteiger partial charge in [-0.25, -0.2) is 0 Å². The Hall–Kier alpha value is -0.810. The van der Waals surface area contributed by atoms with E-state index in [1.165, 1.54) is 51.4 Å². The van der Waals surface area contributed by atoms with E-state index in [0.717, 1.165) is 12.8 Å². The van der Waals surface area contributed by atoms with Gasteiger partial charge in [-0.2, -0.15) is 5.26 Å². The molecule has 0 rings (SSSR count). The molecule has 2 unspecified atom stereocenters. The predicted octanol–water partition coefficient (Wildman–Crippen LogP) is 5.76. The van der Waals surface area contributed by atoms with E-state index < -0.39 is 6.10 Å². The van der Waals surface area contributed by atoms with E-state index in [2.05, 4.69) is 27.4 Å². The number of aliphatic hydroxyl groups is 1. The van der Waals surface area contributed by atoms with Crippen LogP contribution in [0.4, 0.5) is 0 Å². The third kappa shape index (κ3) is 9.69. The van der Waals surface area contributed by atoms with Crippen molar-refractivity contribution in [2.24, 2.45) is 5.41 Å². The highest BCUT2D eigenvalue weighted by Gasteiger charge is 2.27. The minimum absolute atomic E-state index is 0.139. The Morgan fingerprint density at radius 2 is 1.52 bits per heavy atom. The number of unbranched alkanes of at least 4 members (excludes halogenated alkanes) is 6. The van der Waals surface area contributed by atoms with Gasteiger partial charge in [-0.05, 0) is 24.7 Å². The lowest BCUT2D eigenvalue weighted by Crippen LogP contribution is -2.25.